The zero-order valence-electron chi connectivity index (χ0n) is 22.4. The third kappa shape index (κ3) is 4.97. The summed E-state index contributed by atoms with van der Waals surface area (Å²) in [6.45, 7) is 7.77. The molecule has 2 unspecified atom stereocenters. The number of hydrogen-bond donors (Lipinski definition) is 2. The zero-order chi connectivity index (χ0) is 27.8. The van der Waals surface area contributed by atoms with Gasteiger partial charge in [0, 0.05) is 40.9 Å². The van der Waals surface area contributed by atoms with E-state index >= 15 is 0 Å². The zero-order valence-corrected chi connectivity index (χ0v) is 24.0. The topological polar surface area (TPSA) is 71.4 Å². The number of methoxy groups -OCH3 is 1. The Morgan fingerprint density at radius 2 is 1.90 bits per heavy atom. The van der Waals surface area contributed by atoms with Gasteiger partial charge in [0.2, 0.25) is 5.91 Å². The number of hydrogen-bond acceptors (Lipinski definition) is 4. The minimum Gasteiger partial charge on any atom is -0.495 e. The van der Waals surface area contributed by atoms with Gasteiger partial charge in [-0.25, -0.2) is 0 Å². The maximum Gasteiger partial charge on any atom is 0.221 e. The molecule has 1 fully saturated rings. The number of thiocarbonyl (C=S) groups is 1. The van der Waals surface area contributed by atoms with E-state index in [9.17, 15) is 4.79 Å². The number of carbonyl (C=O) groups excluding carboxylic acids is 1. The fourth-order valence-corrected chi connectivity index (χ4v) is 5.88. The van der Waals surface area contributed by atoms with Crippen LogP contribution in [0.15, 0.2) is 66.9 Å². The Morgan fingerprint density at radius 1 is 1.10 bits per heavy atom. The van der Waals surface area contributed by atoms with Gasteiger partial charge in [-0.3, -0.25) is 9.78 Å². The van der Waals surface area contributed by atoms with Crippen LogP contribution in [-0.2, 0) is 4.79 Å². The van der Waals surface area contributed by atoms with Crippen molar-refractivity contribution < 1.29 is 9.53 Å². The molecule has 2 atom stereocenters. The minimum atomic E-state index is -0.217. The van der Waals surface area contributed by atoms with E-state index in [0.29, 0.717) is 21.6 Å². The van der Waals surface area contributed by atoms with Gasteiger partial charge in [0.25, 0.3) is 0 Å². The standard InChI is InChI=1S/C30H30ClN5O2S/c1-17-9-10-21(31)15-26(17)35-18(2)14-23(19(35)3)29-28(24-8-6-7-13-32-24)34-30(39)36(29)22-11-12-27(38-5)25(16-22)33-20(4)37/h6-16,28-29H,1-5H3,(H,33,37)(H,34,39). The number of ether oxygens (including phenoxy) is 1. The van der Waals surface area contributed by atoms with E-state index in [4.69, 9.17) is 28.6 Å². The second-order valence-corrected chi connectivity index (χ2v) is 10.5. The molecule has 0 saturated carbocycles. The lowest BCUT2D eigenvalue weighted by molar-refractivity contribution is -0.114. The van der Waals surface area contributed by atoms with Crippen molar-refractivity contribution in [3.63, 3.8) is 0 Å². The number of benzene rings is 2. The Hall–Kier alpha value is -3.88. The van der Waals surface area contributed by atoms with Crippen molar-refractivity contribution in [1.29, 1.82) is 0 Å². The molecule has 1 saturated heterocycles. The second-order valence-electron chi connectivity index (χ2n) is 9.66. The van der Waals surface area contributed by atoms with Crippen molar-refractivity contribution in [2.24, 2.45) is 0 Å². The molecule has 1 aliphatic heterocycles. The summed E-state index contributed by atoms with van der Waals surface area (Å²) in [5.74, 6) is 0.385. The van der Waals surface area contributed by atoms with Gasteiger partial charge in [0.05, 0.1) is 30.6 Å². The number of nitrogens with zero attached hydrogens (tertiary/aromatic N) is 3. The minimum absolute atomic E-state index is 0.184. The van der Waals surface area contributed by atoms with Crippen LogP contribution >= 0.6 is 23.8 Å². The smallest absolute Gasteiger partial charge is 0.221 e. The third-order valence-electron chi connectivity index (χ3n) is 7.07. The third-order valence-corrected chi connectivity index (χ3v) is 7.62. The van der Waals surface area contributed by atoms with E-state index in [0.717, 1.165) is 39.6 Å². The van der Waals surface area contributed by atoms with E-state index in [2.05, 4.69) is 51.9 Å². The van der Waals surface area contributed by atoms with Crippen LogP contribution in [0.4, 0.5) is 11.4 Å². The highest BCUT2D eigenvalue weighted by Gasteiger charge is 2.42. The molecule has 1 aliphatic rings. The van der Waals surface area contributed by atoms with Crippen molar-refractivity contribution in [2.45, 2.75) is 39.8 Å². The van der Waals surface area contributed by atoms with Crippen LogP contribution in [0, 0.1) is 20.8 Å². The summed E-state index contributed by atoms with van der Waals surface area (Å²) in [7, 11) is 1.58. The molecule has 3 heterocycles. The summed E-state index contributed by atoms with van der Waals surface area (Å²) in [6.07, 6.45) is 1.79. The summed E-state index contributed by atoms with van der Waals surface area (Å²) < 4.78 is 7.73. The van der Waals surface area contributed by atoms with Crippen LogP contribution in [0.1, 0.15) is 47.2 Å². The number of rotatable bonds is 6. The van der Waals surface area contributed by atoms with Gasteiger partial charge < -0.3 is 24.8 Å². The van der Waals surface area contributed by atoms with Crippen LogP contribution < -0.4 is 20.3 Å². The van der Waals surface area contributed by atoms with Gasteiger partial charge in [-0.1, -0.05) is 23.7 Å². The SMILES string of the molecule is COc1ccc(N2C(=S)NC(c3ccccn3)C2c2cc(C)n(-c3cc(Cl)ccc3C)c2C)cc1NC(C)=O. The molecule has 0 aliphatic carbocycles. The normalized spacial score (nSPS) is 16.8. The van der Waals surface area contributed by atoms with E-state index in [1.807, 2.05) is 54.6 Å². The van der Waals surface area contributed by atoms with Gasteiger partial charge in [-0.05, 0) is 92.6 Å². The van der Waals surface area contributed by atoms with Crippen LogP contribution in [0.5, 0.6) is 5.75 Å². The molecule has 7 nitrogen and oxygen atoms in total. The Bertz CT molecular complexity index is 1570. The van der Waals surface area contributed by atoms with E-state index in [1.54, 1.807) is 13.3 Å². The molecule has 4 aromatic rings. The number of carbonyl (C=O) groups is 1. The maximum absolute atomic E-state index is 11.9. The fourth-order valence-electron chi connectivity index (χ4n) is 5.36. The quantitative estimate of drug-likeness (QED) is 0.259. The predicted molar refractivity (Wildman–Crippen MR) is 160 cm³/mol. The lowest BCUT2D eigenvalue weighted by atomic mass is 9.96. The number of pyridine rings is 1. The number of anilines is 2. The van der Waals surface area contributed by atoms with E-state index in [1.165, 1.54) is 6.92 Å². The summed E-state index contributed by atoms with van der Waals surface area (Å²) in [6, 6.07) is 19.3. The average molecular weight is 560 g/mol. The first-order valence-corrected chi connectivity index (χ1v) is 13.4. The molecule has 200 valence electrons. The maximum atomic E-state index is 11.9. The number of nitrogens with one attached hydrogen (secondary N) is 2. The Balaban J connectivity index is 1.70. The highest BCUT2D eigenvalue weighted by Crippen LogP contribution is 2.45. The molecule has 2 aromatic carbocycles. The lowest BCUT2D eigenvalue weighted by Gasteiger charge is -2.29. The highest BCUT2D eigenvalue weighted by molar-refractivity contribution is 7.80. The average Bonchev–Trinajstić information content (AvgIpc) is 3.40. The number of aryl methyl sites for hydroxylation is 2. The van der Waals surface area contributed by atoms with E-state index in [-0.39, 0.29) is 18.0 Å². The summed E-state index contributed by atoms with van der Waals surface area (Å²) in [5.41, 5.74) is 7.71. The summed E-state index contributed by atoms with van der Waals surface area (Å²) >= 11 is 12.3. The first-order valence-electron chi connectivity index (χ1n) is 12.6. The first kappa shape index (κ1) is 26.7. The molecule has 39 heavy (non-hydrogen) atoms. The van der Waals surface area contributed by atoms with Crippen LogP contribution in [0.2, 0.25) is 5.02 Å². The molecule has 5 rings (SSSR count). The number of aromatic nitrogens is 2. The van der Waals surface area contributed by atoms with Gasteiger partial charge in [-0.15, -0.1) is 0 Å². The van der Waals surface area contributed by atoms with Crippen LogP contribution in [-0.4, -0.2) is 27.7 Å². The molecular formula is C30H30ClN5O2S. The van der Waals surface area contributed by atoms with Crippen LogP contribution in [0.25, 0.3) is 5.69 Å². The van der Waals surface area contributed by atoms with Crippen molar-refractivity contribution >= 4 is 46.2 Å². The van der Waals surface area contributed by atoms with Gasteiger partial charge in [-0.2, -0.15) is 0 Å². The monoisotopic (exact) mass is 559 g/mol. The predicted octanol–water partition coefficient (Wildman–Crippen LogP) is 6.60. The first-order chi connectivity index (χ1) is 18.7. The summed E-state index contributed by atoms with van der Waals surface area (Å²) in [5, 5.41) is 7.65. The lowest BCUT2D eigenvalue weighted by Crippen LogP contribution is -2.29. The van der Waals surface area contributed by atoms with Gasteiger partial charge in [0.15, 0.2) is 5.11 Å². The van der Waals surface area contributed by atoms with Crippen LogP contribution in [0.3, 0.4) is 0 Å². The van der Waals surface area contributed by atoms with Gasteiger partial charge in [0.1, 0.15) is 5.75 Å². The number of amides is 1. The molecule has 0 spiro atoms. The Morgan fingerprint density at radius 3 is 2.59 bits per heavy atom. The molecule has 2 N–H and O–H groups in total. The van der Waals surface area contributed by atoms with Gasteiger partial charge >= 0.3 is 0 Å². The number of halogens is 1. The molecule has 0 radical (unpaired) electrons. The molecule has 0 bridgehead atoms. The Labute approximate surface area is 238 Å². The van der Waals surface area contributed by atoms with Crippen molar-refractivity contribution in [3.8, 4) is 11.4 Å². The summed E-state index contributed by atoms with van der Waals surface area (Å²) in [4.78, 5) is 18.7. The Kier molecular flexibility index (Phi) is 7.34. The van der Waals surface area contributed by atoms with Crippen molar-refractivity contribution in [3.05, 3.63) is 100 Å². The highest BCUT2D eigenvalue weighted by atomic mass is 35.5. The largest absolute Gasteiger partial charge is 0.495 e. The fraction of sp³-hybridized carbons (Fsp3) is 0.233. The molecule has 1 amide bonds. The van der Waals surface area contributed by atoms with E-state index < -0.39 is 0 Å². The molecular weight excluding hydrogens is 530 g/mol. The van der Waals surface area contributed by atoms with Crippen molar-refractivity contribution in [2.75, 3.05) is 17.3 Å². The molecule has 2 aromatic heterocycles. The second kappa shape index (κ2) is 10.7. The molecule has 9 heteroatoms. The van der Waals surface area contributed by atoms with Crippen molar-refractivity contribution in [1.82, 2.24) is 14.9 Å².